The summed E-state index contributed by atoms with van der Waals surface area (Å²) < 4.78 is 15.3. The number of nitrogens with zero attached hydrogens (tertiary/aromatic N) is 3. The second-order valence-corrected chi connectivity index (χ2v) is 8.34. The molecule has 5 nitrogen and oxygen atoms in total. The van der Waals surface area contributed by atoms with Crippen LogP contribution in [0.4, 0.5) is 10.1 Å². The number of aromatic nitrogens is 2. The van der Waals surface area contributed by atoms with Gasteiger partial charge in [0.25, 0.3) is 5.56 Å². The number of fused-ring (bicyclic) bond motifs is 4. The van der Waals surface area contributed by atoms with Gasteiger partial charge >= 0.3 is 0 Å². The first-order chi connectivity index (χ1) is 13.1. The molecule has 0 unspecified atom stereocenters. The van der Waals surface area contributed by atoms with Gasteiger partial charge in [-0.15, -0.1) is 11.3 Å². The van der Waals surface area contributed by atoms with Crippen molar-refractivity contribution < 1.29 is 4.39 Å². The molecule has 3 aromatic rings. The second-order valence-electron chi connectivity index (χ2n) is 7.46. The van der Waals surface area contributed by atoms with Crippen LogP contribution in [0.25, 0.3) is 4.96 Å². The molecule has 1 N–H and O–H groups in total. The molecule has 140 valence electrons. The van der Waals surface area contributed by atoms with Crippen LogP contribution in [0.1, 0.15) is 29.2 Å². The van der Waals surface area contributed by atoms with E-state index >= 15 is 0 Å². The van der Waals surface area contributed by atoms with E-state index in [9.17, 15) is 9.18 Å². The standard InChI is InChI=1S/C20H21FN4OS/c1-12-14(19(26)25-8-9-27-20(25)22-12)4-6-24-7-5-18-16(11-24)15-10-13(21)2-3-17(15)23-18/h2-3,8-10,16,18,23H,4-7,11H2,1H3/t16-,18+/m0/s1. The molecule has 2 aliphatic heterocycles. The molecule has 0 amide bonds. The average molecular weight is 384 g/mol. The summed E-state index contributed by atoms with van der Waals surface area (Å²) in [4.78, 5) is 20.4. The van der Waals surface area contributed by atoms with Crippen LogP contribution in [-0.2, 0) is 6.42 Å². The Morgan fingerprint density at radius 3 is 3.19 bits per heavy atom. The molecule has 27 heavy (non-hydrogen) atoms. The summed E-state index contributed by atoms with van der Waals surface area (Å²) in [7, 11) is 0. The Bertz CT molecular complexity index is 1080. The summed E-state index contributed by atoms with van der Waals surface area (Å²) in [5.74, 6) is 0.135. The Morgan fingerprint density at radius 1 is 1.41 bits per heavy atom. The van der Waals surface area contributed by atoms with Gasteiger partial charge in [0, 0.05) is 60.1 Å². The first-order valence-electron chi connectivity index (χ1n) is 9.34. The lowest BCUT2D eigenvalue weighted by molar-refractivity contribution is 0.204. The third-order valence-electron chi connectivity index (χ3n) is 5.90. The minimum atomic E-state index is -0.174. The zero-order valence-corrected chi connectivity index (χ0v) is 15.9. The topological polar surface area (TPSA) is 49.6 Å². The normalized spacial score (nSPS) is 21.9. The molecule has 0 aliphatic carbocycles. The van der Waals surface area contributed by atoms with Crippen LogP contribution in [0.15, 0.2) is 34.6 Å². The van der Waals surface area contributed by atoms with Crippen LogP contribution in [-0.4, -0.2) is 40.0 Å². The van der Waals surface area contributed by atoms with Gasteiger partial charge in [-0.3, -0.25) is 9.20 Å². The molecular weight excluding hydrogens is 363 g/mol. The van der Waals surface area contributed by atoms with Crippen molar-refractivity contribution in [1.29, 1.82) is 0 Å². The molecule has 2 aromatic heterocycles. The predicted octanol–water partition coefficient (Wildman–Crippen LogP) is 3.03. The van der Waals surface area contributed by atoms with Crippen molar-refractivity contribution >= 4 is 22.0 Å². The van der Waals surface area contributed by atoms with Gasteiger partial charge in [0.15, 0.2) is 4.96 Å². The monoisotopic (exact) mass is 384 g/mol. The van der Waals surface area contributed by atoms with E-state index in [-0.39, 0.29) is 11.4 Å². The van der Waals surface area contributed by atoms with Crippen LogP contribution in [0.3, 0.4) is 0 Å². The molecule has 1 fully saturated rings. The number of halogens is 1. The highest BCUT2D eigenvalue weighted by atomic mass is 32.1. The molecule has 5 rings (SSSR count). The maximum atomic E-state index is 13.7. The van der Waals surface area contributed by atoms with Gasteiger partial charge in [-0.2, -0.15) is 0 Å². The second kappa shape index (κ2) is 6.42. The lowest BCUT2D eigenvalue weighted by Gasteiger charge is -2.35. The van der Waals surface area contributed by atoms with E-state index in [1.165, 1.54) is 17.4 Å². The van der Waals surface area contributed by atoms with Crippen LogP contribution in [0.2, 0.25) is 0 Å². The highest BCUT2D eigenvalue weighted by Gasteiger charge is 2.36. The Kier molecular flexibility index (Phi) is 4.02. The predicted molar refractivity (Wildman–Crippen MR) is 105 cm³/mol. The van der Waals surface area contributed by atoms with Gasteiger partial charge in [0.1, 0.15) is 5.82 Å². The van der Waals surface area contributed by atoms with Crippen molar-refractivity contribution in [1.82, 2.24) is 14.3 Å². The highest BCUT2D eigenvalue weighted by molar-refractivity contribution is 7.15. The summed E-state index contributed by atoms with van der Waals surface area (Å²) in [5, 5.41) is 5.43. The van der Waals surface area contributed by atoms with E-state index < -0.39 is 0 Å². The third kappa shape index (κ3) is 2.85. The Morgan fingerprint density at radius 2 is 2.30 bits per heavy atom. The van der Waals surface area contributed by atoms with Crippen molar-refractivity contribution in [2.24, 2.45) is 0 Å². The number of hydrogen-bond acceptors (Lipinski definition) is 5. The molecule has 2 aliphatic rings. The Labute approximate surface area is 160 Å². The zero-order valence-electron chi connectivity index (χ0n) is 15.1. The van der Waals surface area contributed by atoms with Crippen LogP contribution in [0.5, 0.6) is 0 Å². The smallest absolute Gasteiger partial charge is 0.261 e. The van der Waals surface area contributed by atoms with E-state index in [4.69, 9.17) is 0 Å². The quantitative estimate of drug-likeness (QED) is 0.754. The Balaban J connectivity index is 1.34. The lowest BCUT2D eigenvalue weighted by atomic mass is 9.89. The van der Waals surface area contributed by atoms with Crippen LogP contribution < -0.4 is 10.9 Å². The molecule has 1 saturated heterocycles. The first kappa shape index (κ1) is 16.9. The zero-order chi connectivity index (χ0) is 18.5. The third-order valence-corrected chi connectivity index (χ3v) is 6.65. The number of aryl methyl sites for hydroxylation is 1. The molecule has 1 aromatic carbocycles. The Hall–Kier alpha value is -2.25. The van der Waals surface area contributed by atoms with Crippen molar-refractivity contribution in [2.75, 3.05) is 25.0 Å². The van der Waals surface area contributed by atoms with Crippen molar-refractivity contribution in [3.05, 3.63) is 62.8 Å². The minimum Gasteiger partial charge on any atom is -0.381 e. The summed E-state index contributed by atoms with van der Waals surface area (Å²) in [5.41, 5.74) is 3.82. The summed E-state index contributed by atoms with van der Waals surface area (Å²) in [6.07, 6.45) is 3.51. The molecule has 2 atom stereocenters. The number of rotatable bonds is 3. The first-order valence-corrected chi connectivity index (χ1v) is 10.2. The lowest BCUT2D eigenvalue weighted by Crippen LogP contribution is -2.43. The van der Waals surface area contributed by atoms with Gasteiger partial charge in [-0.1, -0.05) is 0 Å². The number of hydrogen-bond donors (Lipinski definition) is 1. The van der Waals surface area contributed by atoms with Gasteiger partial charge < -0.3 is 10.2 Å². The van der Waals surface area contributed by atoms with Gasteiger partial charge in [0.05, 0.1) is 0 Å². The number of likely N-dealkylation sites (tertiary alicyclic amines) is 1. The molecule has 4 heterocycles. The molecule has 0 radical (unpaired) electrons. The van der Waals surface area contributed by atoms with E-state index in [0.717, 1.165) is 53.5 Å². The van der Waals surface area contributed by atoms with Crippen LogP contribution in [0, 0.1) is 12.7 Å². The number of anilines is 1. The molecular formula is C20H21FN4OS. The van der Waals surface area contributed by atoms with Gasteiger partial charge in [0.2, 0.25) is 0 Å². The molecule has 7 heteroatoms. The molecule has 0 spiro atoms. The molecule has 0 bridgehead atoms. The van der Waals surface area contributed by atoms with Gasteiger partial charge in [-0.25, -0.2) is 9.37 Å². The van der Waals surface area contributed by atoms with Crippen molar-refractivity contribution in [2.45, 2.75) is 31.7 Å². The van der Waals surface area contributed by atoms with E-state index in [1.807, 2.05) is 18.4 Å². The number of nitrogens with one attached hydrogen (secondary N) is 1. The summed E-state index contributed by atoms with van der Waals surface area (Å²) >= 11 is 1.48. The molecule has 0 saturated carbocycles. The minimum absolute atomic E-state index is 0.0450. The largest absolute Gasteiger partial charge is 0.381 e. The number of thiazole rings is 1. The van der Waals surface area contributed by atoms with E-state index in [2.05, 4.69) is 15.2 Å². The maximum Gasteiger partial charge on any atom is 0.261 e. The fourth-order valence-corrected chi connectivity index (χ4v) is 5.21. The fraction of sp³-hybridized carbons (Fsp3) is 0.400. The average Bonchev–Trinajstić information content (AvgIpc) is 3.25. The highest BCUT2D eigenvalue weighted by Crippen LogP contribution is 2.40. The number of piperidine rings is 1. The van der Waals surface area contributed by atoms with Crippen molar-refractivity contribution in [3.63, 3.8) is 0 Å². The van der Waals surface area contributed by atoms with Crippen LogP contribution >= 0.6 is 11.3 Å². The summed E-state index contributed by atoms with van der Waals surface area (Å²) in [6, 6.07) is 5.42. The SMILES string of the molecule is Cc1nc2sccn2c(=O)c1CCN1CC[C@H]2Nc3ccc(F)cc3[C@@H]2C1. The fourth-order valence-electron chi connectivity index (χ4n) is 4.46. The summed E-state index contributed by atoms with van der Waals surface area (Å²) in [6.45, 7) is 4.62. The number of benzene rings is 1. The van der Waals surface area contributed by atoms with E-state index in [0.29, 0.717) is 18.4 Å². The van der Waals surface area contributed by atoms with E-state index in [1.54, 1.807) is 16.7 Å². The van der Waals surface area contributed by atoms with Crippen molar-refractivity contribution in [3.8, 4) is 0 Å². The van der Waals surface area contributed by atoms with Gasteiger partial charge in [-0.05, 0) is 43.5 Å². The maximum absolute atomic E-state index is 13.7.